The molecule has 0 saturated carbocycles. The van der Waals surface area contributed by atoms with Crippen LogP contribution in [0.4, 0.5) is 13.2 Å². The Kier molecular flexibility index (Phi) is 4.08. The summed E-state index contributed by atoms with van der Waals surface area (Å²) in [5.74, 6) is -0.922. The quantitative estimate of drug-likeness (QED) is 0.848. The molecule has 0 aliphatic heterocycles. The number of carbonyl (C=O) groups is 1. The van der Waals surface area contributed by atoms with Crippen molar-refractivity contribution in [3.8, 4) is 5.75 Å². The number of aromatic nitrogens is 1. The largest absolute Gasteiger partial charge is 0.573 e. The van der Waals surface area contributed by atoms with Gasteiger partial charge in [0.15, 0.2) is 0 Å². The summed E-state index contributed by atoms with van der Waals surface area (Å²) in [6.07, 6.45) is -3.03. The molecule has 0 radical (unpaired) electrons. The minimum Gasteiger partial charge on any atom is -0.468 e. The molecule has 0 fully saturated rings. The molecule has 1 aromatic carbocycles. The summed E-state index contributed by atoms with van der Waals surface area (Å²) in [5.41, 5.74) is 6.88. The lowest BCUT2D eigenvalue weighted by Gasteiger charge is -2.10. The van der Waals surface area contributed by atoms with Crippen molar-refractivity contribution in [2.75, 3.05) is 7.11 Å². The molecule has 114 valence electrons. The highest BCUT2D eigenvalue weighted by Crippen LogP contribution is 2.28. The molecule has 0 bridgehead atoms. The van der Waals surface area contributed by atoms with E-state index in [9.17, 15) is 18.0 Å². The molecule has 5 nitrogen and oxygen atoms in total. The fraction of sp³-hybridized carbons (Fsp3) is 0.308. The third kappa shape index (κ3) is 3.66. The fourth-order valence-corrected chi connectivity index (χ4v) is 2.00. The Hall–Kier alpha value is -2.22. The Morgan fingerprint density at radius 3 is 2.76 bits per heavy atom. The number of methoxy groups -OCH3 is 1. The van der Waals surface area contributed by atoms with Crippen molar-refractivity contribution >= 4 is 16.9 Å². The minimum absolute atomic E-state index is 0.141. The molecule has 0 aliphatic rings. The molecule has 0 spiro atoms. The average Bonchev–Trinajstić information content (AvgIpc) is 2.78. The molecular formula is C13H13F3N2O3. The van der Waals surface area contributed by atoms with Crippen LogP contribution in [-0.4, -0.2) is 30.5 Å². The Labute approximate surface area is 117 Å². The van der Waals surface area contributed by atoms with Crippen molar-refractivity contribution in [3.63, 3.8) is 0 Å². The van der Waals surface area contributed by atoms with Crippen LogP contribution in [0.25, 0.3) is 10.9 Å². The number of nitrogens with two attached hydrogens (primary N) is 1. The van der Waals surface area contributed by atoms with Gasteiger partial charge in [0.2, 0.25) is 0 Å². The van der Waals surface area contributed by atoms with Crippen LogP contribution in [0.1, 0.15) is 5.56 Å². The highest BCUT2D eigenvalue weighted by molar-refractivity contribution is 5.85. The molecule has 0 saturated heterocycles. The number of H-pyrrole nitrogens is 1. The highest BCUT2D eigenvalue weighted by Gasteiger charge is 2.31. The van der Waals surface area contributed by atoms with Crippen LogP contribution in [0.5, 0.6) is 5.75 Å². The number of hydrogen-bond acceptors (Lipinski definition) is 4. The van der Waals surface area contributed by atoms with Gasteiger partial charge in [0.25, 0.3) is 0 Å². The number of aromatic amines is 1. The number of carbonyl (C=O) groups excluding carboxylic acids is 1. The standard InChI is InChI=1S/C13H13F3N2O3/c1-20-12(19)10(17)4-7-6-18-11-3-2-8(5-9(7)11)21-13(14,15)16/h2-3,5-6,10,18H,4,17H2,1H3/t10-/m0/s1. The van der Waals surface area contributed by atoms with Crippen molar-refractivity contribution < 1.29 is 27.4 Å². The van der Waals surface area contributed by atoms with Crippen molar-refractivity contribution in [1.82, 2.24) is 4.98 Å². The van der Waals surface area contributed by atoms with Crippen molar-refractivity contribution in [2.24, 2.45) is 5.73 Å². The second-order valence-corrected chi connectivity index (χ2v) is 4.40. The van der Waals surface area contributed by atoms with Crippen molar-refractivity contribution in [2.45, 2.75) is 18.8 Å². The SMILES string of the molecule is COC(=O)[C@@H](N)Cc1c[nH]c2ccc(OC(F)(F)F)cc12. The zero-order chi connectivity index (χ0) is 15.6. The van der Waals surface area contributed by atoms with E-state index in [1.165, 1.54) is 25.3 Å². The highest BCUT2D eigenvalue weighted by atomic mass is 19.4. The number of ether oxygens (including phenoxy) is 2. The Balaban J connectivity index is 2.28. The zero-order valence-electron chi connectivity index (χ0n) is 11.0. The molecule has 1 aromatic heterocycles. The molecule has 1 heterocycles. The molecule has 2 aromatic rings. The van der Waals surface area contributed by atoms with E-state index in [0.29, 0.717) is 16.5 Å². The lowest BCUT2D eigenvalue weighted by atomic mass is 10.1. The average molecular weight is 302 g/mol. The van der Waals surface area contributed by atoms with Gasteiger partial charge in [-0.1, -0.05) is 0 Å². The van der Waals surface area contributed by atoms with E-state index in [1.807, 2.05) is 0 Å². The first-order valence-corrected chi connectivity index (χ1v) is 5.99. The number of esters is 1. The third-order valence-corrected chi connectivity index (χ3v) is 2.92. The number of benzene rings is 1. The molecule has 0 aliphatic carbocycles. The molecular weight excluding hydrogens is 289 g/mol. The summed E-state index contributed by atoms with van der Waals surface area (Å²) in [4.78, 5) is 14.2. The first kappa shape index (κ1) is 15.2. The summed E-state index contributed by atoms with van der Waals surface area (Å²) in [7, 11) is 1.21. The predicted octanol–water partition coefficient (Wildman–Crippen LogP) is 2.11. The van der Waals surface area contributed by atoms with Crippen molar-refractivity contribution in [3.05, 3.63) is 30.0 Å². The van der Waals surface area contributed by atoms with Gasteiger partial charge in [0, 0.05) is 23.5 Å². The molecule has 1 atom stereocenters. The van der Waals surface area contributed by atoms with Crippen LogP contribution in [-0.2, 0) is 16.0 Å². The summed E-state index contributed by atoms with van der Waals surface area (Å²) in [6, 6.07) is 3.03. The fourth-order valence-electron chi connectivity index (χ4n) is 2.00. The van der Waals surface area contributed by atoms with Crippen LogP contribution in [0.2, 0.25) is 0 Å². The van der Waals surface area contributed by atoms with Gasteiger partial charge in [-0.05, 0) is 23.8 Å². The monoisotopic (exact) mass is 302 g/mol. The van der Waals surface area contributed by atoms with E-state index < -0.39 is 18.4 Å². The van der Waals surface area contributed by atoms with Gasteiger partial charge in [-0.15, -0.1) is 13.2 Å². The number of nitrogens with one attached hydrogen (secondary N) is 1. The smallest absolute Gasteiger partial charge is 0.468 e. The van der Waals surface area contributed by atoms with Gasteiger partial charge in [-0.3, -0.25) is 4.79 Å². The maximum atomic E-state index is 12.2. The van der Waals surface area contributed by atoms with Gasteiger partial charge in [0.05, 0.1) is 7.11 Å². The second-order valence-electron chi connectivity index (χ2n) is 4.40. The lowest BCUT2D eigenvalue weighted by molar-refractivity contribution is -0.274. The van der Waals surface area contributed by atoms with E-state index in [4.69, 9.17) is 5.73 Å². The van der Waals surface area contributed by atoms with Gasteiger partial charge < -0.3 is 20.2 Å². The lowest BCUT2D eigenvalue weighted by Crippen LogP contribution is -2.33. The predicted molar refractivity (Wildman–Crippen MR) is 68.7 cm³/mol. The van der Waals surface area contributed by atoms with Crippen LogP contribution < -0.4 is 10.5 Å². The van der Waals surface area contributed by atoms with E-state index >= 15 is 0 Å². The van der Waals surface area contributed by atoms with Gasteiger partial charge in [-0.25, -0.2) is 0 Å². The van der Waals surface area contributed by atoms with Gasteiger partial charge in [0.1, 0.15) is 11.8 Å². The summed E-state index contributed by atoms with van der Waals surface area (Å²) in [6.45, 7) is 0. The molecule has 0 unspecified atom stereocenters. The summed E-state index contributed by atoms with van der Waals surface area (Å²) in [5, 5.41) is 0.510. The third-order valence-electron chi connectivity index (χ3n) is 2.92. The first-order chi connectivity index (χ1) is 9.80. The summed E-state index contributed by atoms with van der Waals surface area (Å²) >= 11 is 0. The second kappa shape index (κ2) is 5.65. The zero-order valence-corrected chi connectivity index (χ0v) is 11.0. The summed E-state index contributed by atoms with van der Waals surface area (Å²) < 4.78 is 45.0. The Morgan fingerprint density at radius 1 is 1.43 bits per heavy atom. The normalized spacial score (nSPS) is 13.2. The molecule has 3 N–H and O–H groups in total. The van der Waals surface area contributed by atoms with Crippen LogP contribution >= 0.6 is 0 Å². The molecule has 21 heavy (non-hydrogen) atoms. The number of fused-ring (bicyclic) bond motifs is 1. The number of rotatable bonds is 4. The van der Waals surface area contributed by atoms with Crippen LogP contribution in [0.15, 0.2) is 24.4 Å². The van der Waals surface area contributed by atoms with Crippen LogP contribution in [0, 0.1) is 0 Å². The van der Waals surface area contributed by atoms with Gasteiger partial charge in [-0.2, -0.15) is 0 Å². The Bertz CT molecular complexity index is 652. The van der Waals surface area contributed by atoms with Crippen molar-refractivity contribution in [1.29, 1.82) is 0 Å². The van der Waals surface area contributed by atoms with E-state index in [-0.39, 0.29) is 12.2 Å². The molecule has 2 rings (SSSR count). The molecule has 8 heteroatoms. The minimum atomic E-state index is -4.76. The van der Waals surface area contributed by atoms with Gasteiger partial charge >= 0.3 is 12.3 Å². The van der Waals surface area contributed by atoms with Crippen LogP contribution in [0.3, 0.4) is 0 Å². The number of halogens is 3. The topological polar surface area (TPSA) is 77.3 Å². The van der Waals surface area contributed by atoms with E-state index in [0.717, 1.165) is 0 Å². The maximum Gasteiger partial charge on any atom is 0.573 e. The number of hydrogen-bond donors (Lipinski definition) is 2. The maximum absolute atomic E-state index is 12.2. The van der Waals surface area contributed by atoms with E-state index in [1.54, 1.807) is 6.20 Å². The first-order valence-electron chi connectivity index (χ1n) is 5.99. The van der Waals surface area contributed by atoms with E-state index in [2.05, 4.69) is 14.5 Å². The Morgan fingerprint density at radius 2 is 2.14 bits per heavy atom. The molecule has 0 amide bonds. The number of alkyl halides is 3.